The SMILES string of the molecule is Nc1cc(-c2ccccn2)nnc1Cl. The topological polar surface area (TPSA) is 64.7 Å². The predicted molar refractivity (Wildman–Crippen MR) is 54.7 cm³/mol. The molecule has 0 aliphatic carbocycles. The average molecular weight is 207 g/mol. The third-order valence-electron chi connectivity index (χ3n) is 1.70. The van der Waals surface area contributed by atoms with Crippen molar-refractivity contribution < 1.29 is 0 Å². The standard InChI is InChI=1S/C9H7ClN4/c10-9-6(11)5-8(13-14-9)7-3-1-2-4-12-7/h1-5H,(H2,11,13). The van der Waals surface area contributed by atoms with Gasteiger partial charge in [-0.1, -0.05) is 17.7 Å². The fourth-order valence-corrected chi connectivity index (χ4v) is 1.12. The van der Waals surface area contributed by atoms with Crippen LogP contribution in [0.2, 0.25) is 5.15 Å². The third kappa shape index (κ3) is 1.65. The van der Waals surface area contributed by atoms with Crippen molar-refractivity contribution in [3.63, 3.8) is 0 Å². The molecule has 2 rings (SSSR count). The number of aromatic nitrogens is 3. The van der Waals surface area contributed by atoms with Crippen LogP contribution in [0.4, 0.5) is 5.69 Å². The summed E-state index contributed by atoms with van der Waals surface area (Å²) in [6.07, 6.45) is 1.68. The molecular formula is C9H7ClN4. The summed E-state index contributed by atoms with van der Waals surface area (Å²) in [5.41, 5.74) is 7.34. The lowest BCUT2D eigenvalue weighted by atomic mass is 10.2. The average Bonchev–Trinajstić information content (AvgIpc) is 2.23. The Morgan fingerprint density at radius 2 is 2.00 bits per heavy atom. The molecule has 0 amide bonds. The number of anilines is 1. The first-order chi connectivity index (χ1) is 6.77. The van der Waals surface area contributed by atoms with Crippen LogP contribution < -0.4 is 5.73 Å². The molecule has 0 aliphatic heterocycles. The lowest BCUT2D eigenvalue weighted by molar-refractivity contribution is 1.03. The van der Waals surface area contributed by atoms with Crippen molar-refractivity contribution in [1.29, 1.82) is 0 Å². The van der Waals surface area contributed by atoms with Crippen LogP contribution >= 0.6 is 11.6 Å². The molecule has 0 unspecified atom stereocenters. The van der Waals surface area contributed by atoms with Crippen LogP contribution in [0.5, 0.6) is 0 Å². The number of rotatable bonds is 1. The molecule has 0 aromatic carbocycles. The Kier molecular flexibility index (Phi) is 2.28. The zero-order valence-electron chi connectivity index (χ0n) is 7.18. The Bertz CT molecular complexity index is 444. The second kappa shape index (κ2) is 3.59. The van der Waals surface area contributed by atoms with Gasteiger partial charge in [-0.15, -0.1) is 10.2 Å². The smallest absolute Gasteiger partial charge is 0.174 e. The second-order valence-electron chi connectivity index (χ2n) is 2.69. The van der Waals surface area contributed by atoms with Crippen LogP contribution in [0.15, 0.2) is 30.5 Å². The molecule has 2 aromatic heterocycles. The maximum Gasteiger partial charge on any atom is 0.174 e. The van der Waals surface area contributed by atoms with Crippen molar-refractivity contribution in [3.8, 4) is 11.4 Å². The fourth-order valence-electron chi connectivity index (χ4n) is 1.03. The molecule has 2 aromatic rings. The molecule has 0 atom stereocenters. The van der Waals surface area contributed by atoms with Crippen LogP contribution in [0.3, 0.4) is 0 Å². The second-order valence-corrected chi connectivity index (χ2v) is 3.05. The van der Waals surface area contributed by atoms with Gasteiger partial charge in [0.15, 0.2) is 5.15 Å². The van der Waals surface area contributed by atoms with Crippen molar-refractivity contribution in [2.24, 2.45) is 0 Å². The van der Waals surface area contributed by atoms with Crippen LogP contribution in [0.25, 0.3) is 11.4 Å². The van der Waals surface area contributed by atoms with Crippen molar-refractivity contribution in [1.82, 2.24) is 15.2 Å². The van der Waals surface area contributed by atoms with Gasteiger partial charge in [0.1, 0.15) is 5.69 Å². The summed E-state index contributed by atoms with van der Waals surface area (Å²) >= 11 is 5.65. The van der Waals surface area contributed by atoms with E-state index in [4.69, 9.17) is 17.3 Å². The van der Waals surface area contributed by atoms with Crippen LogP contribution in [0.1, 0.15) is 0 Å². The Balaban J connectivity index is 2.48. The molecule has 5 heteroatoms. The van der Waals surface area contributed by atoms with E-state index >= 15 is 0 Å². The number of pyridine rings is 1. The third-order valence-corrected chi connectivity index (χ3v) is 2.00. The minimum atomic E-state index is 0.213. The molecule has 0 radical (unpaired) electrons. The first-order valence-electron chi connectivity index (χ1n) is 3.97. The van der Waals surface area contributed by atoms with Crippen molar-refractivity contribution in [2.75, 3.05) is 5.73 Å². The van der Waals surface area contributed by atoms with Gasteiger partial charge in [0.2, 0.25) is 0 Å². The molecule has 0 saturated carbocycles. The van der Waals surface area contributed by atoms with E-state index < -0.39 is 0 Å². The van der Waals surface area contributed by atoms with E-state index in [0.29, 0.717) is 11.4 Å². The van der Waals surface area contributed by atoms with E-state index in [1.54, 1.807) is 12.3 Å². The quantitative estimate of drug-likeness (QED) is 0.773. The van der Waals surface area contributed by atoms with Crippen molar-refractivity contribution in [2.45, 2.75) is 0 Å². The van der Waals surface area contributed by atoms with Crippen molar-refractivity contribution in [3.05, 3.63) is 35.6 Å². The van der Waals surface area contributed by atoms with E-state index in [9.17, 15) is 0 Å². The zero-order chi connectivity index (χ0) is 9.97. The van der Waals surface area contributed by atoms with Crippen molar-refractivity contribution >= 4 is 17.3 Å². The number of halogens is 1. The molecule has 0 fully saturated rings. The molecule has 70 valence electrons. The minimum absolute atomic E-state index is 0.213. The van der Waals surface area contributed by atoms with Crippen LogP contribution in [-0.4, -0.2) is 15.2 Å². The highest BCUT2D eigenvalue weighted by molar-refractivity contribution is 6.31. The fraction of sp³-hybridized carbons (Fsp3) is 0. The zero-order valence-corrected chi connectivity index (χ0v) is 7.94. The van der Waals surface area contributed by atoms with Gasteiger partial charge in [-0.2, -0.15) is 0 Å². The monoisotopic (exact) mass is 206 g/mol. The van der Waals surface area contributed by atoms with E-state index in [1.165, 1.54) is 0 Å². The number of hydrogen-bond acceptors (Lipinski definition) is 4. The first kappa shape index (κ1) is 8.90. The summed E-state index contributed by atoms with van der Waals surface area (Å²) in [5.74, 6) is 0. The number of nitrogens with zero attached hydrogens (tertiary/aromatic N) is 3. The van der Waals surface area contributed by atoms with E-state index in [2.05, 4.69) is 15.2 Å². The highest BCUT2D eigenvalue weighted by atomic mass is 35.5. The molecule has 0 bridgehead atoms. The Morgan fingerprint density at radius 1 is 1.14 bits per heavy atom. The minimum Gasteiger partial charge on any atom is -0.396 e. The summed E-state index contributed by atoms with van der Waals surface area (Å²) in [5, 5.41) is 7.80. The summed E-state index contributed by atoms with van der Waals surface area (Å²) in [7, 11) is 0. The summed E-state index contributed by atoms with van der Waals surface area (Å²) in [4.78, 5) is 4.12. The van der Waals surface area contributed by atoms with E-state index in [1.807, 2.05) is 18.2 Å². The molecule has 14 heavy (non-hydrogen) atoms. The van der Waals surface area contributed by atoms with Gasteiger partial charge in [0.25, 0.3) is 0 Å². The van der Waals surface area contributed by atoms with Crippen LogP contribution in [-0.2, 0) is 0 Å². The normalized spacial score (nSPS) is 10.1. The van der Waals surface area contributed by atoms with Gasteiger partial charge in [0.05, 0.1) is 11.4 Å². The summed E-state index contributed by atoms with van der Waals surface area (Å²) in [6, 6.07) is 7.18. The summed E-state index contributed by atoms with van der Waals surface area (Å²) in [6.45, 7) is 0. The number of hydrogen-bond donors (Lipinski definition) is 1. The molecule has 2 heterocycles. The maximum absolute atomic E-state index is 5.65. The lowest BCUT2D eigenvalue weighted by Crippen LogP contribution is -1.95. The van der Waals surface area contributed by atoms with Gasteiger partial charge in [-0.25, -0.2) is 0 Å². The van der Waals surface area contributed by atoms with E-state index in [0.717, 1.165) is 5.69 Å². The predicted octanol–water partition coefficient (Wildman–Crippen LogP) is 1.77. The van der Waals surface area contributed by atoms with Gasteiger partial charge in [-0.05, 0) is 18.2 Å². The molecular weight excluding hydrogens is 200 g/mol. The summed E-state index contributed by atoms with van der Waals surface area (Å²) < 4.78 is 0. The number of nitrogen functional groups attached to an aromatic ring is 1. The Morgan fingerprint density at radius 3 is 2.64 bits per heavy atom. The first-order valence-corrected chi connectivity index (χ1v) is 4.35. The van der Waals surface area contributed by atoms with Crippen LogP contribution in [0, 0.1) is 0 Å². The molecule has 0 aliphatic rings. The molecule has 4 nitrogen and oxygen atoms in total. The maximum atomic E-state index is 5.65. The van der Waals surface area contributed by atoms with Gasteiger partial charge >= 0.3 is 0 Å². The molecule has 2 N–H and O–H groups in total. The van der Waals surface area contributed by atoms with Gasteiger partial charge < -0.3 is 5.73 Å². The van der Waals surface area contributed by atoms with Gasteiger partial charge in [-0.3, -0.25) is 4.98 Å². The van der Waals surface area contributed by atoms with E-state index in [-0.39, 0.29) is 5.15 Å². The highest BCUT2D eigenvalue weighted by Crippen LogP contribution is 2.19. The Labute approximate surface area is 85.8 Å². The molecule has 0 saturated heterocycles. The molecule has 0 spiro atoms. The van der Waals surface area contributed by atoms with Gasteiger partial charge in [0, 0.05) is 6.20 Å². The lowest BCUT2D eigenvalue weighted by Gasteiger charge is -2.00. The largest absolute Gasteiger partial charge is 0.396 e. The number of nitrogens with two attached hydrogens (primary N) is 1. The highest BCUT2D eigenvalue weighted by Gasteiger charge is 2.04. The Hall–Kier alpha value is -1.68.